The number of amides is 1. The second-order valence-corrected chi connectivity index (χ2v) is 6.93. The molecule has 5 nitrogen and oxygen atoms in total. The Morgan fingerprint density at radius 1 is 1.35 bits per heavy atom. The SMILES string of the molecule is CC(C)(C)OC(=O)NCC[C@H]1CN(Cc2ccccc2)CCO1. The van der Waals surface area contributed by atoms with Gasteiger partial charge < -0.3 is 14.8 Å². The number of nitrogens with zero attached hydrogens (tertiary/aromatic N) is 1. The highest BCUT2D eigenvalue weighted by atomic mass is 16.6. The smallest absolute Gasteiger partial charge is 0.407 e. The maximum absolute atomic E-state index is 11.6. The minimum atomic E-state index is -0.460. The second-order valence-electron chi connectivity index (χ2n) is 6.93. The van der Waals surface area contributed by atoms with Crippen molar-refractivity contribution < 1.29 is 14.3 Å². The Labute approximate surface area is 139 Å². The molecule has 0 spiro atoms. The Bertz CT molecular complexity index is 485. The molecule has 0 aromatic heterocycles. The van der Waals surface area contributed by atoms with Gasteiger partial charge in [0.1, 0.15) is 5.60 Å². The monoisotopic (exact) mass is 320 g/mol. The molecule has 5 heteroatoms. The highest BCUT2D eigenvalue weighted by Crippen LogP contribution is 2.12. The van der Waals surface area contributed by atoms with Gasteiger partial charge in [-0.2, -0.15) is 0 Å². The van der Waals surface area contributed by atoms with Crippen molar-refractivity contribution in [3.8, 4) is 0 Å². The summed E-state index contributed by atoms with van der Waals surface area (Å²) in [6, 6.07) is 10.5. The number of rotatable bonds is 5. The van der Waals surface area contributed by atoms with Crippen molar-refractivity contribution in [2.45, 2.75) is 45.4 Å². The van der Waals surface area contributed by atoms with Crippen LogP contribution in [0.15, 0.2) is 30.3 Å². The van der Waals surface area contributed by atoms with E-state index in [0.29, 0.717) is 6.54 Å². The molecule has 1 aliphatic heterocycles. The summed E-state index contributed by atoms with van der Waals surface area (Å²) in [6.45, 7) is 9.67. The summed E-state index contributed by atoms with van der Waals surface area (Å²) in [5, 5.41) is 2.79. The van der Waals surface area contributed by atoms with Gasteiger partial charge in [0.2, 0.25) is 0 Å². The number of ether oxygens (including phenoxy) is 2. The fraction of sp³-hybridized carbons (Fsp3) is 0.611. The van der Waals surface area contributed by atoms with Gasteiger partial charge in [0.25, 0.3) is 0 Å². The molecule has 0 bridgehead atoms. The van der Waals surface area contributed by atoms with Crippen molar-refractivity contribution in [1.82, 2.24) is 10.2 Å². The summed E-state index contributed by atoms with van der Waals surface area (Å²) in [7, 11) is 0. The van der Waals surface area contributed by atoms with E-state index in [2.05, 4.69) is 34.5 Å². The predicted molar refractivity (Wildman–Crippen MR) is 90.3 cm³/mol. The first-order valence-corrected chi connectivity index (χ1v) is 8.27. The number of alkyl carbamates (subject to hydrolysis) is 1. The molecule has 1 amide bonds. The molecule has 1 saturated heterocycles. The average Bonchev–Trinajstić information content (AvgIpc) is 2.47. The zero-order valence-electron chi connectivity index (χ0n) is 14.4. The van der Waals surface area contributed by atoms with Crippen LogP contribution in [0.3, 0.4) is 0 Å². The van der Waals surface area contributed by atoms with Crippen LogP contribution in [0, 0.1) is 0 Å². The average molecular weight is 320 g/mol. The molecule has 1 fully saturated rings. The summed E-state index contributed by atoms with van der Waals surface area (Å²) in [5.41, 5.74) is 0.859. The highest BCUT2D eigenvalue weighted by Gasteiger charge is 2.21. The van der Waals surface area contributed by atoms with Gasteiger partial charge in [-0.1, -0.05) is 30.3 Å². The maximum Gasteiger partial charge on any atom is 0.407 e. The summed E-state index contributed by atoms with van der Waals surface area (Å²) in [4.78, 5) is 14.0. The van der Waals surface area contributed by atoms with Gasteiger partial charge in [0.05, 0.1) is 12.7 Å². The molecular weight excluding hydrogens is 292 g/mol. The fourth-order valence-electron chi connectivity index (χ4n) is 2.59. The molecule has 0 radical (unpaired) electrons. The van der Waals surface area contributed by atoms with E-state index in [9.17, 15) is 4.79 Å². The van der Waals surface area contributed by atoms with Gasteiger partial charge in [0, 0.05) is 26.2 Å². The lowest BCUT2D eigenvalue weighted by molar-refractivity contribution is -0.0346. The van der Waals surface area contributed by atoms with Crippen LogP contribution in [0.4, 0.5) is 4.79 Å². The number of benzene rings is 1. The Hall–Kier alpha value is -1.59. The highest BCUT2D eigenvalue weighted by molar-refractivity contribution is 5.67. The van der Waals surface area contributed by atoms with Gasteiger partial charge in [-0.25, -0.2) is 4.79 Å². The maximum atomic E-state index is 11.6. The van der Waals surface area contributed by atoms with E-state index in [1.165, 1.54) is 5.56 Å². The molecule has 1 atom stereocenters. The van der Waals surface area contributed by atoms with Crippen molar-refractivity contribution in [1.29, 1.82) is 0 Å². The number of carbonyl (C=O) groups excluding carboxylic acids is 1. The molecule has 0 unspecified atom stereocenters. The standard InChI is InChI=1S/C18H28N2O3/c1-18(2,3)23-17(21)19-10-9-16-14-20(11-12-22-16)13-15-7-5-4-6-8-15/h4-8,16H,9-14H2,1-3H3,(H,19,21)/t16-/m0/s1. The van der Waals surface area contributed by atoms with E-state index in [1.54, 1.807) is 0 Å². The van der Waals surface area contributed by atoms with Crippen LogP contribution in [-0.4, -0.2) is 48.9 Å². The minimum absolute atomic E-state index is 0.155. The van der Waals surface area contributed by atoms with Crippen LogP contribution < -0.4 is 5.32 Å². The Balaban J connectivity index is 1.69. The van der Waals surface area contributed by atoms with Gasteiger partial charge in [-0.15, -0.1) is 0 Å². The number of hydrogen-bond acceptors (Lipinski definition) is 4. The van der Waals surface area contributed by atoms with Gasteiger partial charge in [-0.3, -0.25) is 4.90 Å². The summed E-state index contributed by atoms with van der Waals surface area (Å²) in [6.07, 6.45) is 0.585. The first-order valence-electron chi connectivity index (χ1n) is 8.27. The second kappa shape index (κ2) is 8.31. The molecule has 1 N–H and O–H groups in total. The number of carbonyl (C=O) groups is 1. The van der Waals surface area contributed by atoms with Crippen molar-refractivity contribution in [3.05, 3.63) is 35.9 Å². The fourth-order valence-corrected chi connectivity index (χ4v) is 2.59. The van der Waals surface area contributed by atoms with E-state index in [0.717, 1.165) is 32.7 Å². The van der Waals surface area contributed by atoms with Crippen molar-refractivity contribution in [2.24, 2.45) is 0 Å². The summed E-state index contributed by atoms with van der Waals surface area (Å²) in [5.74, 6) is 0. The molecule has 1 heterocycles. The molecule has 0 saturated carbocycles. The third-order valence-corrected chi connectivity index (χ3v) is 3.61. The number of morpholine rings is 1. The van der Waals surface area contributed by atoms with E-state index in [4.69, 9.17) is 9.47 Å². The van der Waals surface area contributed by atoms with Crippen LogP contribution in [0.25, 0.3) is 0 Å². The molecular formula is C18H28N2O3. The minimum Gasteiger partial charge on any atom is -0.444 e. The first kappa shape index (κ1) is 17.8. The van der Waals surface area contributed by atoms with Crippen LogP contribution in [0.1, 0.15) is 32.8 Å². The van der Waals surface area contributed by atoms with Crippen molar-refractivity contribution in [2.75, 3.05) is 26.2 Å². The Morgan fingerprint density at radius 3 is 2.78 bits per heavy atom. The predicted octanol–water partition coefficient (Wildman–Crippen LogP) is 2.80. The lowest BCUT2D eigenvalue weighted by Crippen LogP contribution is -2.43. The third-order valence-electron chi connectivity index (χ3n) is 3.61. The quantitative estimate of drug-likeness (QED) is 0.906. The zero-order valence-corrected chi connectivity index (χ0v) is 14.4. The number of nitrogens with one attached hydrogen (secondary N) is 1. The van der Waals surface area contributed by atoms with Crippen molar-refractivity contribution >= 4 is 6.09 Å². The molecule has 1 aromatic carbocycles. The van der Waals surface area contributed by atoms with Crippen LogP contribution in [0.5, 0.6) is 0 Å². The molecule has 2 rings (SSSR count). The normalized spacial score (nSPS) is 19.3. The summed E-state index contributed by atoms with van der Waals surface area (Å²) < 4.78 is 11.0. The Morgan fingerprint density at radius 2 is 2.09 bits per heavy atom. The molecule has 0 aliphatic carbocycles. The van der Waals surface area contributed by atoms with Gasteiger partial charge in [-0.05, 0) is 32.8 Å². The van der Waals surface area contributed by atoms with Crippen molar-refractivity contribution in [3.63, 3.8) is 0 Å². The van der Waals surface area contributed by atoms with E-state index in [1.807, 2.05) is 26.8 Å². The molecule has 128 valence electrons. The lowest BCUT2D eigenvalue weighted by Gasteiger charge is -2.33. The van der Waals surface area contributed by atoms with Crippen LogP contribution in [-0.2, 0) is 16.0 Å². The van der Waals surface area contributed by atoms with Crippen LogP contribution in [0.2, 0.25) is 0 Å². The Kier molecular flexibility index (Phi) is 6.42. The zero-order chi connectivity index (χ0) is 16.7. The lowest BCUT2D eigenvalue weighted by atomic mass is 10.1. The third kappa shape index (κ3) is 7.01. The molecule has 1 aromatic rings. The van der Waals surface area contributed by atoms with Crippen LogP contribution >= 0.6 is 0 Å². The summed E-state index contributed by atoms with van der Waals surface area (Å²) >= 11 is 0. The number of hydrogen-bond donors (Lipinski definition) is 1. The van der Waals surface area contributed by atoms with E-state index < -0.39 is 5.60 Å². The van der Waals surface area contributed by atoms with Gasteiger partial charge >= 0.3 is 6.09 Å². The first-order chi connectivity index (χ1) is 10.9. The van der Waals surface area contributed by atoms with E-state index >= 15 is 0 Å². The molecule has 1 aliphatic rings. The topological polar surface area (TPSA) is 50.8 Å². The largest absolute Gasteiger partial charge is 0.444 e. The molecule has 23 heavy (non-hydrogen) atoms. The van der Waals surface area contributed by atoms with Gasteiger partial charge in [0.15, 0.2) is 0 Å². The van der Waals surface area contributed by atoms with E-state index in [-0.39, 0.29) is 12.2 Å².